The molecule has 0 saturated heterocycles. The second kappa shape index (κ2) is 11.8. The van der Waals surface area contributed by atoms with Gasteiger partial charge in [-0.3, -0.25) is 14.8 Å². The molecule has 8 rings (SSSR count). The molecule has 0 atom stereocenters. The van der Waals surface area contributed by atoms with Crippen molar-refractivity contribution in [2.75, 3.05) is 16.8 Å². The summed E-state index contributed by atoms with van der Waals surface area (Å²) in [5, 5.41) is 19.3. The number of aromatic nitrogens is 4. The third-order valence-corrected chi connectivity index (χ3v) is 9.54. The van der Waals surface area contributed by atoms with Crippen molar-refractivity contribution in [1.82, 2.24) is 19.7 Å². The van der Waals surface area contributed by atoms with E-state index in [0.29, 0.717) is 48.1 Å². The van der Waals surface area contributed by atoms with Gasteiger partial charge in [-0.15, -0.1) is 0 Å². The van der Waals surface area contributed by atoms with Crippen LogP contribution in [0.1, 0.15) is 37.5 Å². The summed E-state index contributed by atoms with van der Waals surface area (Å²) >= 11 is 1.44. The van der Waals surface area contributed by atoms with Crippen LogP contribution in [-0.2, 0) is 19.5 Å². The number of carboxylic acids is 1. The Hall–Kier alpha value is -5.87. The number of hydrogen-bond donors (Lipinski definition) is 2. The van der Waals surface area contributed by atoms with E-state index in [0.717, 1.165) is 43.4 Å². The fraction of sp³-hybridized carbons (Fsp3) is 0.108. The molecule has 1 aliphatic rings. The minimum atomic E-state index is -1.11. The Balaban J connectivity index is 1.09. The van der Waals surface area contributed by atoms with Gasteiger partial charge in [0.2, 0.25) is 0 Å². The number of pyridine rings is 1. The van der Waals surface area contributed by atoms with Gasteiger partial charge in [-0.1, -0.05) is 78.1 Å². The fourth-order valence-electron chi connectivity index (χ4n) is 6.31. The largest absolute Gasteiger partial charge is 0.476 e. The van der Waals surface area contributed by atoms with Crippen molar-refractivity contribution in [1.29, 1.82) is 0 Å². The number of thiazole rings is 1. The Morgan fingerprint density at radius 3 is 2.53 bits per heavy atom. The lowest BCUT2D eigenvalue weighted by Crippen LogP contribution is -2.33. The van der Waals surface area contributed by atoms with Crippen LogP contribution in [0.15, 0.2) is 109 Å². The van der Waals surface area contributed by atoms with E-state index < -0.39 is 5.97 Å². The van der Waals surface area contributed by atoms with Gasteiger partial charge >= 0.3 is 5.97 Å². The topological polar surface area (TPSA) is 113 Å². The molecule has 10 heteroatoms. The zero-order valence-corrected chi connectivity index (χ0v) is 25.9. The Kier molecular flexibility index (Phi) is 7.18. The highest BCUT2D eigenvalue weighted by Gasteiger charge is 2.25. The zero-order valence-electron chi connectivity index (χ0n) is 25.1. The molecule has 4 heterocycles. The van der Waals surface area contributed by atoms with Gasteiger partial charge < -0.3 is 10.0 Å². The van der Waals surface area contributed by atoms with Gasteiger partial charge in [0.1, 0.15) is 5.82 Å². The van der Waals surface area contributed by atoms with E-state index >= 15 is 0 Å². The van der Waals surface area contributed by atoms with E-state index in [4.69, 9.17) is 0 Å². The number of hydrogen-bond acceptors (Lipinski definition) is 7. The number of benzene rings is 4. The molecule has 0 unspecified atom stereocenters. The van der Waals surface area contributed by atoms with Gasteiger partial charge in [-0.05, 0) is 65.1 Å². The molecular weight excluding hydrogens is 609 g/mol. The number of carbonyl (C=O) groups excluding carboxylic acids is 1. The number of carbonyl (C=O) groups is 2. The average molecular weight is 637 g/mol. The van der Waals surface area contributed by atoms with Crippen LogP contribution in [0, 0.1) is 0 Å². The van der Waals surface area contributed by atoms with Crippen LogP contribution in [0.4, 0.5) is 10.9 Å². The Labute approximate surface area is 273 Å². The van der Waals surface area contributed by atoms with E-state index in [-0.39, 0.29) is 11.6 Å². The minimum absolute atomic E-state index is 0.0292. The summed E-state index contributed by atoms with van der Waals surface area (Å²) in [4.78, 5) is 37.4. The standard InChI is InChI=1S/C37H28N6O3S/c44-35(41-37-39-30-13-4-5-15-32(30)47-37)27-12-6-10-24-18-19-42(22-29(24)27)33-17-16-26(34(40-33)36(45)46)25-11-7-14-31-28(25)20-38-43(31)21-23-8-2-1-3-9-23/h1-17,20H,18-19,21-22H2,(H,45,46)(H,39,41,44). The summed E-state index contributed by atoms with van der Waals surface area (Å²) < 4.78 is 2.93. The number of amides is 1. The Morgan fingerprint density at radius 2 is 1.68 bits per heavy atom. The molecule has 7 aromatic rings. The summed E-state index contributed by atoms with van der Waals surface area (Å²) in [6.45, 7) is 1.67. The van der Waals surface area contributed by atoms with Crippen LogP contribution >= 0.6 is 11.3 Å². The number of para-hydroxylation sites is 1. The summed E-state index contributed by atoms with van der Waals surface area (Å²) in [6, 6.07) is 33.2. The first-order valence-electron chi connectivity index (χ1n) is 15.3. The van der Waals surface area contributed by atoms with Crippen LogP contribution in [0.2, 0.25) is 0 Å². The van der Waals surface area contributed by atoms with Crippen LogP contribution in [0.3, 0.4) is 0 Å². The maximum atomic E-state index is 13.5. The highest BCUT2D eigenvalue weighted by Crippen LogP contribution is 2.34. The van der Waals surface area contributed by atoms with Crippen LogP contribution < -0.4 is 10.2 Å². The molecule has 0 radical (unpaired) electrons. The summed E-state index contributed by atoms with van der Waals surface area (Å²) in [6.07, 6.45) is 2.49. The van der Waals surface area contributed by atoms with Gasteiger partial charge in [0.15, 0.2) is 10.8 Å². The van der Waals surface area contributed by atoms with E-state index in [1.165, 1.54) is 11.3 Å². The summed E-state index contributed by atoms with van der Waals surface area (Å²) in [5.74, 6) is -0.785. The van der Waals surface area contributed by atoms with Gasteiger partial charge in [0, 0.05) is 29.6 Å². The molecule has 4 aromatic carbocycles. The molecule has 0 spiro atoms. The van der Waals surface area contributed by atoms with Crippen molar-refractivity contribution < 1.29 is 14.7 Å². The number of anilines is 2. The van der Waals surface area contributed by atoms with E-state index in [1.807, 2.05) is 101 Å². The molecule has 9 nitrogen and oxygen atoms in total. The maximum Gasteiger partial charge on any atom is 0.355 e. The SMILES string of the molecule is O=C(Nc1nc2ccccc2s1)c1cccc2c1CN(c1ccc(-c3cccc4c3cnn4Cc3ccccc3)c(C(=O)O)n1)CC2. The molecule has 1 aliphatic heterocycles. The van der Waals surface area contributed by atoms with Crippen molar-refractivity contribution in [3.8, 4) is 11.1 Å². The van der Waals surface area contributed by atoms with Crippen molar-refractivity contribution in [3.05, 3.63) is 137 Å². The monoisotopic (exact) mass is 636 g/mol. The molecule has 2 N–H and O–H groups in total. The molecule has 230 valence electrons. The fourth-order valence-corrected chi connectivity index (χ4v) is 7.17. The van der Waals surface area contributed by atoms with E-state index in [2.05, 4.69) is 32.5 Å². The third kappa shape index (κ3) is 5.38. The molecule has 3 aromatic heterocycles. The molecule has 0 saturated carbocycles. The predicted octanol–water partition coefficient (Wildman–Crippen LogP) is 7.27. The average Bonchev–Trinajstić information content (AvgIpc) is 3.71. The predicted molar refractivity (Wildman–Crippen MR) is 184 cm³/mol. The number of nitrogens with zero attached hydrogens (tertiary/aromatic N) is 5. The highest BCUT2D eigenvalue weighted by atomic mass is 32.1. The number of rotatable bonds is 7. The van der Waals surface area contributed by atoms with Crippen LogP contribution in [0.25, 0.3) is 32.2 Å². The van der Waals surface area contributed by atoms with Gasteiger partial charge in [0.25, 0.3) is 5.91 Å². The summed E-state index contributed by atoms with van der Waals surface area (Å²) in [7, 11) is 0. The quantitative estimate of drug-likeness (QED) is 0.189. The molecule has 0 aliphatic carbocycles. The molecule has 1 amide bonds. The second-order valence-electron chi connectivity index (χ2n) is 11.5. The molecule has 0 fully saturated rings. The van der Waals surface area contributed by atoms with Gasteiger partial charge in [-0.25, -0.2) is 14.8 Å². The number of aromatic carboxylic acids is 1. The first kappa shape index (κ1) is 28.6. The summed E-state index contributed by atoms with van der Waals surface area (Å²) in [5.41, 5.74) is 6.70. The Bertz CT molecular complexity index is 2280. The normalized spacial score (nSPS) is 12.7. The lowest BCUT2D eigenvalue weighted by molar-refractivity contribution is 0.0691. The molecule has 0 bridgehead atoms. The zero-order chi connectivity index (χ0) is 31.9. The van der Waals surface area contributed by atoms with Gasteiger partial charge in [0.05, 0.1) is 28.5 Å². The number of nitrogens with one attached hydrogen (secondary N) is 1. The first-order chi connectivity index (χ1) is 23.0. The molecule has 47 heavy (non-hydrogen) atoms. The lowest BCUT2D eigenvalue weighted by Gasteiger charge is -2.31. The third-order valence-electron chi connectivity index (χ3n) is 8.59. The highest BCUT2D eigenvalue weighted by molar-refractivity contribution is 7.22. The smallest absolute Gasteiger partial charge is 0.355 e. The van der Waals surface area contributed by atoms with E-state index in [1.54, 1.807) is 6.20 Å². The van der Waals surface area contributed by atoms with Crippen LogP contribution in [0.5, 0.6) is 0 Å². The molecular formula is C37H28N6O3S. The minimum Gasteiger partial charge on any atom is -0.476 e. The lowest BCUT2D eigenvalue weighted by atomic mass is 9.94. The van der Waals surface area contributed by atoms with E-state index in [9.17, 15) is 14.7 Å². The Morgan fingerprint density at radius 1 is 0.851 bits per heavy atom. The van der Waals surface area contributed by atoms with Crippen LogP contribution in [-0.4, -0.2) is 43.3 Å². The van der Waals surface area contributed by atoms with Crippen molar-refractivity contribution in [2.24, 2.45) is 0 Å². The second-order valence-corrected chi connectivity index (χ2v) is 12.5. The van der Waals surface area contributed by atoms with Crippen molar-refractivity contribution in [2.45, 2.75) is 19.5 Å². The number of fused-ring (bicyclic) bond motifs is 3. The number of carboxylic acid groups (broad SMARTS) is 1. The first-order valence-corrected chi connectivity index (χ1v) is 16.1. The maximum absolute atomic E-state index is 13.5. The van der Waals surface area contributed by atoms with Crippen molar-refractivity contribution in [3.63, 3.8) is 0 Å². The van der Waals surface area contributed by atoms with Crippen molar-refractivity contribution >= 4 is 55.3 Å². The van der Waals surface area contributed by atoms with Gasteiger partial charge in [-0.2, -0.15) is 5.10 Å².